The summed E-state index contributed by atoms with van der Waals surface area (Å²) in [6.07, 6.45) is 0. The van der Waals surface area contributed by atoms with Crippen LogP contribution in [-0.2, 0) is 0 Å². The van der Waals surface area contributed by atoms with Crippen LogP contribution in [0.4, 0.5) is 5.69 Å². The molecule has 0 atom stereocenters. The number of aromatic nitrogens is 2. The number of carbonyl (C=O) groups excluding carboxylic acids is 1. The lowest BCUT2D eigenvalue weighted by atomic mass is 10.1. The number of thiophene rings is 1. The van der Waals surface area contributed by atoms with E-state index >= 15 is 0 Å². The summed E-state index contributed by atoms with van der Waals surface area (Å²) in [5.41, 5.74) is 4.86. The standard InChI is InChI=1S/C25H24N4OS/c1-19-8-5-6-11-22(19)27-13-15-28(16-14-27)25(30)23-18-21(24-12-7-17-31-24)26-29(23)20-9-3-2-4-10-20/h2-12,17-18H,13-16H2,1H3. The Morgan fingerprint density at radius 1 is 0.903 bits per heavy atom. The van der Waals surface area contributed by atoms with Crippen molar-refractivity contribution in [1.29, 1.82) is 0 Å². The Bertz CT molecular complexity index is 1180. The van der Waals surface area contributed by atoms with Crippen molar-refractivity contribution < 1.29 is 4.79 Å². The highest BCUT2D eigenvalue weighted by molar-refractivity contribution is 7.13. The number of anilines is 1. The lowest BCUT2D eigenvalue weighted by molar-refractivity contribution is 0.0737. The minimum Gasteiger partial charge on any atom is -0.368 e. The van der Waals surface area contributed by atoms with Crippen LogP contribution in [0.15, 0.2) is 78.2 Å². The number of rotatable bonds is 4. The Morgan fingerprint density at radius 3 is 2.35 bits per heavy atom. The quantitative estimate of drug-likeness (QED) is 0.466. The van der Waals surface area contributed by atoms with E-state index in [1.165, 1.54) is 11.3 Å². The molecule has 0 radical (unpaired) electrons. The van der Waals surface area contributed by atoms with Crippen LogP contribution in [0, 0.1) is 6.92 Å². The zero-order valence-corrected chi connectivity index (χ0v) is 18.3. The van der Waals surface area contributed by atoms with E-state index in [2.05, 4.69) is 36.1 Å². The molecule has 31 heavy (non-hydrogen) atoms. The molecule has 1 fully saturated rings. The van der Waals surface area contributed by atoms with Crippen molar-refractivity contribution >= 4 is 22.9 Å². The average Bonchev–Trinajstić information content (AvgIpc) is 3.50. The number of piperazine rings is 1. The summed E-state index contributed by atoms with van der Waals surface area (Å²) in [6, 6.07) is 24.3. The largest absolute Gasteiger partial charge is 0.368 e. The van der Waals surface area contributed by atoms with Gasteiger partial charge in [0.05, 0.1) is 10.6 Å². The van der Waals surface area contributed by atoms with Crippen LogP contribution in [0.5, 0.6) is 0 Å². The molecule has 1 aliphatic heterocycles. The first-order valence-corrected chi connectivity index (χ1v) is 11.4. The molecular weight excluding hydrogens is 404 g/mol. The van der Waals surface area contributed by atoms with Crippen molar-refractivity contribution in [3.63, 3.8) is 0 Å². The molecule has 5 rings (SSSR count). The number of amides is 1. The third kappa shape index (κ3) is 3.86. The monoisotopic (exact) mass is 428 g/mol. The van der Waals surface area contributed by atoms with Gasteiger partial charge in [0, 0.05) is 31.9 Å². The van der Waals surface area contributed by atoms with Crippen molar-refractivity contribution in [2.24, 2.45) is 0 Å². The van der Waals surface area contributed by atoms with Gasteiger partial charge in [-0.25, -0.2) is 4.68 Å². The van der Waals surface area contributed by atoms with Crippen LogP contribution >= 0.6 is 11.3 Å². The van der Waals surface area contributed by atoms with Gasteiger partial charge in [0.2, 0.25) is 0 Å². The maximum Gasteiger partial charge on any atom is 0.272 e. The van der Waals surface area contributed by atoms with Crippen molar-refractivity contribution in [1.82, 2.24) is 14.7 Å². The number of nitrogens with zero attached hydrogens (tertiary/aromatic N) is 4. The third-order valence-electron chi connectivity index (χ3n) is 5.73. The van der Waals surface area contributed by atoms with Crippen LogP contribution < -0.4 is 4.90 Å². The number of hydrogen-bond donors (Lipinski definition) is 0. The summed E-state index contributed by atoms with van der Waals surface area (Å²) in [7, 11) is 0. The van der Waals surface area contributed by atoms with Gasteiger partial charge in [0.25, 0.3) is 5.91 Å². The Kier molecular flexibility index (Phi) is 5.30. The van der Waals surface area contributed by atoms with Gasteiger partial charge >= 0.3 is 0 Å². The normalized spacial score (nSPS) is 14.1. The van der Waals surface area contributed by atoms with E-state index in [1.54, 1.807) is 16.0 Å². The first-order chi connectivity index (χ1) is 15.2. The van der Waals surface area contributed by atoms with Crippen LogP contribution in [0.1, 0.15) is 16.1 Å². The predicted molar refractivity (Wildman–Crippen MR) is 126 cm³/mol. The molecule has 0 spiro atoms. The van der Waals surface area contributed by atoms with Crippen molar-refractivity contribution in [2.45, 2.75) is 6.92 Å². The number of benzene rings is 2. The molecule has 1 saturated heterocycles. The van der Waals surface area contributed by atoms with Gasteiger partial charge < -0.3 is 9.80 Å². The fourth-order valence-electron chi connectivity index (χ4n) is 4.07. The molecule has 2 aromatic heterocycles. The number of carbonyl (C=O) groups is 1. The van der Waals surface area contributed by atoms with Crippen molar-refractivity contribution in [3.8, 4) is 16.3 Å². The van der Waals surface area contributed by atoms with Crippen LogP contribution in [0.25, 0.3) is 16.3 Å². The molecule has 4 aromatic rings. The highest BCUT2D eigenvalue weighted by Crippen LogP contribution is 2.27. The van der Waals surface area contributed by atoms with Crippen molar-refractivity contribution in [3.05, 3.63) is 89.4 Å². The second-order valence-electron chi connectivity index (χ2n) is 7.71. The molecule has 1 aliphatic rings. The summed E-state index contributed by atoms with van der Waals surface area (Å²) < 4.78 is 1.78. The molecule has 3 heterocycles. The van der Waals surface area contributed by atoms with E-state index in [1.807, 2.05) is 58.8 Å². The van der Waals surface area contributed by atoms with Crippen molar-refractivity contribution in [2.75, 3.05) is 31.1 Å². The second-order valence-corrected chi connectivity index (χ2v) is 8.65. The van der Waals surface area contributed by atoms with Gasteiger partial charge in [-0.05, 0) is 48.2 Å². The third-order valence-corrected chi connectivity index (χ3v) is 6.62. The maximum absolute atomic E-state index is 13.5. The molecule has 0 bridgehead atoms. The minimum atomic E-state index is 0.0311. The fourth-order valence-corrected chi connectivity index (χ4v) is 4.76. The molecule has 156 valence electrons. The fraction of sp³-hybridized carbons (Fsp3) is 0.200. The zero-order valence-electron chi connectivity index (χ0n) is 17.4. The zero-order chi connectivity index (χ0) is 21.2. The molecule has 0 N–H and O–H groups in total. The molecule has 0 unspecified atom stereocenters. The van der Waals surface area contributed by atoms with E-state index in [0.29, 0.717) is 18.8 Å². The van der Waals surface area contributed by atoms with E-state index in [9.17, 15) is 4.79 Å². The Labute approximate surface area is 186 Å². The first-order valence-electron chi connectivity index (χ1n) is 10.5. The molecule has 5 nitrogen and oxygen atoms in total. The van der Waals surface area contributed by atoms with Gasteiger partial charge in [-0.1, -0.05) is 42.5 Å². The number of hydrogen-bond acceptors (Lipinski definition) is 4. The lowest BCUT2D eigenvalue weighted by Gasteiger charge is -2.36. The molecular formula is C25H24N4OS. The van der Waals surface area contributed by atoms with Gasteiger partial charge in [-0.15, -0.1) is 11.3 Å². The summed E-state index contributed by atoms with van der Waals surface area (Å²) in [5.74, 6) is 0.0311. The summed E-state index contributed by atoms with van der Waals surface area (Å²) >= 11 is 1.63. The van der Waals surface area contributed by atoms with Gasteiger partial charge in [-0.2, -0.15) is 5.10 Å². The van der Waals surface area contributed by atoms with Crippen LogP contribution in [-0.4, -0.2) is 46.8 Å². The van der Waals surface area contributed by atoms with Crippen LogP contribution in [0.3, 0.4) is 0 Å². The minimum absolute atomic E-state index is 0.0311. The predicted octanol–water partition coefficient (Wildman–Crippen LogP) is 4.87. The van der Waals surface area contributed by atoms with Gasteiger partial charge in [-0.3, -0.25) is 4.79 Å². The van der Waals surface area contributed by atoms with Gasteiger partial charge in [0.1, 0.15) is 11.4 Å². The molecule has 6 heteroatoms. The van der Waals surface area contributed by atoms with E-state index in [4.69, 9.17) is 5.10 Å². The molecule has 0 aliphatic carbocycles. The van der Waals surface area contributed by atoms with E-state index in [-0.39, 0.29) is 5.91 Å². The maximum atomic E-state index is 13.5. The topological polar surface area (TPSA) is 41.4 Å². The second kappa shape index (κ2) is 8.40. The summed E-state index contributed by atoms with van der Waals surface area (Å²) in [6.45, 7) is 5.18. The number of aryl methyl sites for hydroxylation is 1. The highest BCUT2D eigenvalue weighted by atomic mass is 32.1. The molecule has 1 amide bonds. The van der Waals surface area contributed by atoms with Crippen LogP contribution in [0.2, 0.25) is 0 Å². The molecule has 2 aromatic carbocycles. The summed E-state index contributed by atoms with van der Waals surface area (Å²) in [4.78, 5) is 18.9. The summed E-state index contributed by atoms with van der Waals surface area (Å²) in [5, 5.41) is 6.81. The Morgan fingerprint density at radius 2 is 1.65 bits per heavy atom. The lowest BCUT2D eigenvalue weighted by Crippen LogP contribution is -2.49. The van der Waals surface area contributed by atoms with E-state index < -0.39 is 0 Å². The smallest absolute Gasteiger partial charge is 0.272 e. The SMILES string of the molecule is Cc1ccccc1N1CCN(C(=O)c2cc(-c3cccs3)nn2-c2ccccc2)CC1. The number of para-hydroxylation sites is 2. The van der Waals surface area contributed by atoms with E-state index in [0.717, 1.165) is 29.3 Å². The Hall–Kier alpha value is -3.38. The first kappa shape index (κ1) is 19.6. The average molecular weight is 429 g/mol. The molecule has 0 saturated carbocycles. The highest BCUT2D eigenvalue weighted by Gasteiger charge is 2.26. The Balaban J connectivity index is 1.41. The van der Waals surface area contributed by atoms with Gasteiger partial charge in [0.15, 0.2) is 0 Å².